The van der Waals surface area contributed by atoms with E-state index in [0.29, 0.717) is 10.0 Å². The summed E-state index contributed by atoms with van der Waals surface area (Å²) in [5, 5.41) is 1.33. The third kappa shape index (κ3) is 3.46. The number of rotatable bonds is 5. The van der Waals surface area contributed by atoms with Gasteiger partial charge in [-0.15, -0.1) is 0 Å². The zero-order valence-electron chi connectivity index (χ0n) is 11.8. The van der Waals surface area contributed by atoms with Gasteiger partial charge in [-0.05, 0) is 37.0 Å². The van der Waals surface area contributed by atoms with Crippen molar-refractivity contribution in [1.29, 1.82) is 0 Å². The second-order valence-corrected chi connectivity index (χ2v) is 6.33. The van der Waals surface area contributed by atoms with Crippen LogP contribution in [0.5, 0.6) is 0 Å². The molecule has 0 saturated heterocycles. The maximum Gasteiger partial charge on any atom is 0.0847 e. The van der Waals surface area contributed by atoms with E-state index in [-0.39, 0.29) is 11.6 Å². The monoisotopic (exact) mass is 316 g/mol. The molecule has 1 saturated carbocycles. The Morgan fingerprint density at radius 2 is 2.00 bits per heavy atom. The van der Waals surface area contributed by atoms with Crippen molar-refractivity contribution in [3.05, 3.63) is 33.8 Å². The second-order valence-electron chi connectivity index (χ2n) is 5.49. The van der Waals surface area contributed by atoms with Gasteiger partial charge >= 0.3 is 0 Å². The lowest BCUT2D eigenvalue weighted by atomic mass is 9.77. The predicted octanol–water partition coefficient (Wildman–Crippen LogP) is 3.72. The average Bonchev–Trinajstić information content (AvgIpc) is 2.47. The average molecular weight is 317 g/mol. The van der Waals surface area contributed by atoms with Crippen molar-refractivity contribution in [2.75, 3.05) is 7.11 Å². The minimum Gasteiger partial charge on any atom is -0.377 e. The number of hydrogen-bond donors (Lipinski definition) is 2. The van der Waals surface area contributed by atoms with Crippen LogP contribution in [0.2, 0.25) is 10.0 Å². The fourth-order valence-electron chi connectivity index (χ4n) is 3.15. The smallest absolute Gasteiger partial charge is 0.0847 e. The maximum absolute atomic E-state index is 6.26. The van der Waals surface area contributed by atoms with Gasteiger partial charge in [-0.3, -0.25) is 11.3 Å². The van der Waals surface area contributed by atoms with Gasteiger partial charge in [0.2, 0.25) is 0 Å². The van der Waals surface area contributed by atoms with Gasteiger partial charge < -0.3 is 4.74 Å². The van der Waals surface area contributed by atoms with Crippen LogP contribution < -0.4 is 11.3 Å². The van der Waals surface area contributed by atoms with Gasteiger partial charge in [0.1, 0.15) is 0 Å². The van der Waals surface area contributed by atoms with Crippen LogP contribution in [0.4, 0.5) is 0 Å². The molecule has 0 heterocycles. The zero-order chi connectivity index (χ0) is 14.6. The molecular formula is C15H22Cl2N2O. The van der Waals surface area contributed by atoms with Crippen molar-refractivity contribution in [1.82, 2.24) is 5.43 Å². The van der Waals surface area contributed by atoms with E-state index in [4.69, 9.17) is 33.8 Å². The topological polar surface area (TPSA) is 47.3 Å². The Balaban J connectivity index is 2.18. The largest absolute Gasteiger partial charge is 0.377 e. The van der Waals surface area contributed by atoms with E-state index in [1.807, 2.05) is 12.1 Å². The predicted molar refractivity (Wildman–Crippen MR) is 84.1 cm³/mol. The molecule has 1 aliphatic carbocycles. The van der Waals surface area contributed by atoms with Crippen molar-refractivity contribution in [2.24, 2.45) is 5.84 Å². The SMILES string of the molecule is COC1(C(Cc2ccc(Cl)cc2Cl)NN)CCCCC1. The molecule has 1 unspecified atom stereocenters. The minimum atomic E-state index is -0.198. The number of nitrogens with one attached hydrogen (secondary N) is 1. The zero-order valence-corrected chi connectivity index (χ0v) is 13.3. The molecule has 0 aliphatic heterocycles. The molecule has 20 heavy (non-hydrogen) atoms. The Morgan fingerprint density at radius 1 is 1.30 bits per heavy atom. The lowest BCUT2D eigenvalue weighted by Gasteiger charge is -2.42. The number of hydrazine groups is 1. The number of methoxy groups -OCH3 is 1. The van der Waals surface area contributed by atoms with E-state index in [9.17, 15) is 0 Å². The van der Waals surface area contributed by atoms with Gasteiger partial charge in [-0.25, -0.2) is 0 Å². The number of ether oxygens (including phenoxy) is 1. The highest BCUT2D eigenvalue weighted by atomic mass is 35.5. The highest BCUT2D eigenvalue weighted by molar-refractivity contribution is 6.35. The first-order valence-electron chi connectivity index (χ1n) is 7.06. The van der Waals surface area contributed by atoms with Crippen LogP contribution in [0.15, 0.2) is 18.2 Å². The molecule has 0 radical (unpaired) electrons. The fourth-order valence-corrected chi connectivity index (χ4v) is 3.63. The molecule has 5 heteroatoms. The number of benzene rings is 1. The molecule has 1 fully saturated rings. The highest BCUT2D eigenvalue weighted by Crippen LogP contribution is 2.36. The van der Waals surface area contributed by atoms with E-state index in [0.717, 1.165) is 24.8 Å². The molecule has 1 aliphatic rings. The summed E-state index contributed by atoms with van der Waals surface area (Å²) in [7, 11) is 1.78. The van der Waals surface area contributed by atoms with Gasteiger partial charge in [0.05, 0.1) is 11.6 Å². The van der Waals surface area contributed by atoms with Crippen LogP contribution in [0.25, 0.3) is 0 Å². The molecule has 112 valence electrons. The maximum atomic E-state index is 6.26. The molecule has 1 aromatic rings. The van der Waals surface area contributed by atoms with Gasteiger partial charge in [0.15, 0.2) is 0 Å². The van der Waals surface area contributed by atoms with Gasteiger partial charge in [-0.1, -0.05) is 48.5 Å². The summed E-state index contributed by atoms with van der Waals surface area (Å²) in [6, 6.07) is 5.64. The normalized spacial score (nSPS) is 19.8. The van der Waals surface area contributed by atoms with Crippen molar-refractivity contribution >= 4 is 23.2 Å². The Morgan fingerprint density at radius 3 is 2.55 bits per heavy atom. The molecule has 1 atom stereocenters. The number of hydrogen-bond acceptors (Lipinski definition) is 3. The van der Waals surface area contributed by atoms with Crippen LogP contribution >= 0.6 is 23.2 Å². The molecule has 1 aromatic carbocycles. The van der Waals surface area contributed by atoms with Gasteiger partial charge in [0.25, 0.3) is 0 Å². The van der Waals surface area contributed by atoms with Crippen molar-refractivity contribution < 1.29 is 4.74 Å². The highest BCUT2D eigenvalue weighted by Gasteiger charge is 2.39. The van der Waals surface area contributed by atoms with Crippen LogP contribution in [0.3, 0.4) is 0 Å². The molecular weight excluding hydrogens is 295 g/mol. The number of nitrogens with two attached hydrogens (primary N) is 1. The first-order chi connectivity index (χ1) is 9.61. The van der Waals surface area contributed by atoms with Crippen LogP contribution in [-0.4, -0.2) is 18.8 Å². The standard InChI is InChI=1S/C15H22Cl2N2O/c1-20-15(7-3-2-4-8-15)14(19-18)9-11-5-6-12(16)10-13(11)17/h5-6,10,14,19H,2-4,7-9,18H2,1H3. The first-order valence-corrected chi connectivity index (χ1v) is 7.82. The summed E-state index contributed by atoms with van der Waals surface area (Å²) in [5.74, 6) is 5.79. The molecule has 3 N–H and O–H groups in total. The Kier molecular flexibility index (Phi) is 5.70. The van der Waals surface area contributed by atoms with Crippen LogP contribution in [-0.2, 0) is 11.2 Å². The lowest BCUT2D eigenvalue weighted by molar-refractivity contribution is -0.0673. The lowest BCUT2D eigenvalue weighted by Crippen LogP contribution is -2.56. The molecule has 2 rings (SSSR count). The molecule has 3 nitrogen and oxygen atoms in total. The Bertz CT molecular complexity index is 447. The minimum absolute atomic E-state index is 0.0477. The fraction of sp³-hybridized carbons (Fsp3) is 0.600. The summed E-state index contributed by atoms with van der Waals surface area (Å²) >= 11 is 12.2. The van der Waals surface area contributed by atoms with Crippen molar-refractivity contribution in [3.8, 4) is 0 Å². The second kappa shape index (κ2) is 7.10. The summed E-state index contributed by atoms with van der Waals surface area (Å²) in [6.45, 7) is 0. The van der Waals surface area contributed by atoms with Crippen molar-refractivity contribution in [2.45, 2.75) is 50.2 Å². The molecule has 0 spiro atoms. The van der Waals surface area contributed by atoms with Gasteiger partial charge in [0, 0.05) is 17.2 Å². The molecule has 0 amide bonds. The summed E-state index contributed by atoms with van der Waals surface area (Å²) in [5.41, 5.74) is 3.78. The van der Waals surface area contributed by atoms with E-state index in [1.165, 1.54) is 19.3 Å². The van der Waals surface area contributed by atoms with E-state index >= 15 is 0 Å². The quantitative estimate of drug-likeness (QED) is 0.643. The summed E-state index contributed by atoms with van der Waals surface area (Å²) < 4.78 is 5.86. The Labute approximate surface area is 130 Å². The third-order valence-electron chi connectivity index (χ3n) is 4.38. The van der Waals surface area contributed by atoms with E-state index < -0.39 is 0 Å². The summed E-state index contributed by atoms with van der Waals surface area (Å²) in [4.78, 5) is 0. The molecule has 0 aromatic heterocycles. The third-order valence-corrected chi connectivity index (χ3v) is 4.97. The first kappa shape index (κ1) is 16.1. The Hall–Kier alpha value is -0.320. The van der Waals surface area contributed by atoms with Crippen molar-refractivity contribution in [3.63, 3.8) is 0 Å². The van der Waals surface area contributed by atoms with Crippen LogP contribution in [0, 0.1) is 0 Å². The van der Waals surface area contributed by atoms with Crippen LogP contribution in [0.1, 0.15) is 37.7 Å². The number of halogens is 2. The molecule has 0 bridgehead atoms. The van der Waals surface area contributed by atoms with E-state index in [1.54, 1.807) is 13.2 Å². The van der Waals surface area contributed by atoms with Gasteiger partial charge in [-0.2, -0.15) is 0 Å². The van der Waals surface area contributed by atoms with E-state index in [2.05, 4.69) is 5.43 Å². The summed E-state index contributed by atoms with van der Waals surface area (Å²) in [6.07, 6.45) is 6.43.